The zero-order valence-electron chi connectivity index (χ0n) is 12.3. The Kier molecular flexibility index (Phi) is 5.58. The number of carbonyl (C=O) groups is 2. The van der Waals surface area contributed by atoms with E-state index in [1.54, 1.807) is 0 Å². The van der Waals surface area contributed by atoms with Crippen molar-refractivity contribution in [2.24, 2.45) is 11.8 Å². The van der Waals surface area contributed by atoms with Crippen molar-refractivity contribution >= 4 is 18.0 Å². The van der Waals surface area contributed by atoms with Gasteiger partial charge in [0.15, 0.2) is 0 Å². The van der Waals surface area contributed by atoms with Crippen molar-refractivity contribution in [3.05, 3.63) is 35.9 Å². The van der Waals surface area contributed by atoms with E-state index in [0.29, 0.717) is 32.3 Å². The summed E-state index contributed by atoms with van der Waals surface area (Å²) in [5, 5.41) is 17.2. The summed E-state index contributed by atoms with van der Waals surface area (Å²) >= 11 is 0. The van der Waals surface area contributed by atoms with Crippen molar-refractivity contribution in [2.75, 3.05) is 6.61 Å². The van der Waals surface area contributed by atoms with E-state index < -0.39 is 11.9 Å². The molecule has 1 aromatic carbocycles. The Balaban J connectivity index is 0.000000162. The highest BCUT2D eigenvalue weighted by Gasteiger charge is 2.29. The molecule has 1 aromatic rings. The number of carboxylic acid groups (broad SMARTS) is 2. The summed E-state index contributed by atoms with van der Waals surface area (Å²) in [5.41, 5.74) is 1.17. The van der Waals surface area contributed by atoms with Gasteiger partial charge in [-0.25, -0.2) is 0 Å². The summed E-state index contributed by atoms with van der Waals surface area (Å²) in [6, 6.07) is 8.03. The topological polar surface area (TPSA) is 83.8 Å². The third-order valence-electron chi connectivity index (χ3n) is 3.98. The van der Waals surface area contributed by atoms with E-state index in [2.05, 4.69) is 6.08 Å². The van der Waals surface area contributed by atoms with E-state index in [0.717, 1.165) is 5.75 Å². The first-order chi connectivity index (χ1) is 10.6. The molecule has 0 unspecified atom stereocenters. The fourth-order valence-corrected chi connectivity index (χ4v) is 2.65. The number of aliphatic carboxylic acids is 2. The number of hydrogen-bond donors (Lipinski definition) is 2. The molecule has 1 heterocycles. The first-order valence-corrected chi connectivity index (χ1v) is 7.42. The van der Waals surface area contributed by atoms with Gasteiger partial charge in [-0.3, -0.25) is 9.59 Å². The maximum absolute atomic E-state index is 10.5. The number of fused-ring (bicyclic) bond motifs is 1. The third-order valence-corrected chi connectivity index (χ3v) is 3.98. The van der Waals surface area contributed by atoms with Crippen LogP contribution in [0.1, 0.15) is 31.2 Å². The third kappa shape index (κ3) is 4.35. The first-order valence-electron chi connectivity index (χ1n) is 7.42. The molecule has 2 N–H and O–H groups in total. The fourth-order valence-electron chi connectivity index (χ4n) is 2.65. The normalized spacial score (nSPS) is 22.5. The lowest BCUT2D eigenvalue weighted by molar-refractivity contribution is -0.148. The Morgan fingerprint density at radius 2 is 1.50 bits per heavy atom. The maximum Gasteiger partial charge on any atom is 0.306 e. The van der Waals surface area contributed by atoms with Crippen LogP contribution >= 0.6 is 0 Å². The van der Waals surface area contributed by atoms with Crippen LogP contribution in [-0.4, -0.2) is 28.8 Å². The van der Waals surface area contributed by atoms with Crippen LogP contribution in [0.25, 0.3) is 6.08 Å². The minimum Gasteiger partial charge on any atom is -0.489 e. The number of carboxylic acids is 2. The predicted octanol–water partition coefficient (Wildman–Crippen LogP) is 3.05. The fraction of sp³-hybridized carbons (Fsp3) is 0.412. The van der Waals surface area contributed by atoms with Crippen molar-refractivity contribution in [1.29, 1.82) is 0 Å². The van der Waals surface area contributed by atoms with Crippen LogP contribution in [0.2, 0.25) is 0 Å². The van der Waals surface area contributed by atoms with E-state index in [4.69, 9.17) is 14.9 Å². The van der Waals surface area contributed by atoms with Gasteiger partial charge in [0.25, 0.3) is 0 Å². The number of para-hydroxylation sites is 1. The summed E-state index contributed by atoms with van der Waals surface area (Å²) in [4.78, 5) is 21.0. The number of ether oxygens (including phenoxy) is 1. The van der Waals surface area contributed by atoms with Gasteiger partial charge in [0, 0.05) is 5.56 Å². The molecule has 0 amide bonds. The molecule has 118 valence electrons. The highest BCUT2D eigenvalue weighted by Crippen LogP contribution is 2.28. The van der Waals surface area contributed by atoms with Crippen molar-refractivity contribution in [3.63, 3.8) is 0 Å². The van der Waals surface area contributed by atoms with Crippen molar-refractivity contribution in [2.45, 2.75) is 25.7 Å². The lowest BCUT2D eigenvalue weighted by Gasteiger charge is -2.22. The van der Waals surface area contributed by atoms with Crippen LogP contribution in [0.5, 0.6) is 5.75 Å². The highest BCUT2D eigenvalue weighted by molar-refractivity contribution is 5.72. The second kappa shape index (κ2) is 7.64. The quantitative estimate of drug-likeness (QED) is 0.877. The molecule has 22 heavy (non-hydrogen) atoms. The van der Waals surface area contributed by atoms with Crippen molar-refractivity contribution in [3.8, 4) is 5.75 Å². The zero-order chi connectivity index (χ0) is 15.9. The van der Waals surface area contributed by atoms with Crippen LogP contribution < -0.4 is 4.74 Å². The molecule has 5 nitrogen and oxygen atoms in total. The molecular formula is C17H20O5. The van der Waals surface area contributed by atoms with Gasteiger partial charge in [-0.2, -0.15) is 0 Å². The van der Waals surface area contributed by atoms with Gasteiger partial charge in [0.1, 0.15) is 12.4 Å². The summed E-state index contributed by atoms with van der Waals surface area (Å²) in [7, 11) is 0. The Hall–Kier alpha value is -2.30. The monoisotopic (exact) mass is 304 g/mol. The SMILES string of the molecule is C1=Cc2ccccc2OC1.O=C(O)C1CCC(C(=O)O)CC1. The van der Waals surface area contributed by atoms with Gasteiger partial charge in [0.2, 0.25) is 0 Å². The predicted molar refractivity (Wildman–Crippen MR) is 81.7 cm³/mol. The Morgan fingerprint density at radius 1 is 0.955 bits per heavy atom. The highest BCUT2D eigenvalue weighted by atomic mass is 16.5. The number of rotatable bonds is 2. The van der Waals surface area contributed by atoms with Crippen LogP contribution in [0.15, 0.2) is 30.3 Å². The smallest absolute Gasteiger partial charge is 0.306 e. The van der Waals surface area contributed by atoms with E-state index in [1.807, 2.05) is 30.3 Å². The Morgan fingerprint density at radius 3 is 2.00 bits per heavy atom. The van der Waals surface area contributed by atoms with Crippen molar-refractivity contribution in [1.82, 2.24) is 0 Å². The second-order valence-corrected chi connectivity index (χ2v) is 5.48. The van der Waals surface area contributed by atoms with E-state index in [-0.39, 0.29) is 11.8 Å². The zero-order valence-corrected chi connectivity index (χ0v) is 12.3. The lowest BCUT2D eigenvalue weighted by atomic mass is 9.82. The lowest BCUT2D eigenvalue weighted by Crippen LogP contribution is -2.25. The molecule has 1 aliphatic heterocycles. The van der Waals surface area contributed by atoms with Gasteiger partial charge < -0.3 is 14.9 Å². The molecule has 1 aliphatic carbocycles. The van der Waals surface area contributed by atoms with Gasteiger partial charge >= 0.3 is 11.9 Å². The van der Waals surface area contributed by atoms with Crippen LogP contribution in [0, 0.1) is 11.8 Å². The average molecular weight is 304 g/mol. The molecule has 0 radical (unpaired) electrons. The molecule has 2 aliphatic rings. The molecule has 3 rings (SSSR count). The molecule has 1 saturated carbocycles. The van der Waals surface area contributed by atoms with E-state index in [1.165, 1.54) is 5.56 Å². The summed E-state index contributed by atoms with van der Waals surface area (Å²) in [6.07, 6.45) is 6.12. The van der Waals surface area contributed by atoms with E-state index in [9.17, 15) is 9.59 Å². The molecule has 0 bridgehead atoms. The van der Waals surface area contributed by atoms with E-state index >= 15 is 0 Å². The molecule has 0 aromatic heterocycles. The second-order valence-electron chi connectivity index (χ2n) is 5.48. The van der Waals surface area contributed by atoms with Gasteiger partial charge in [-0.1, -0.05) is 24.3 Å². The standard InChI is InChI=1S/C9H8O.C8H12O4/c1-2-6-9-8(4-1)5-3-7-10-9;9-7(10)5-1-2-6(4-3-5)8(11)12/h1-6H,7H2;5-6H,1-4H2,(H,9,10)(H,11,12). The Labute approximate surface area is 129 Å². The number of hydrogen-bond acceptors (Lipinski definition) is 3. The van der Waals surface area contributed by atoms with Gasteiger partial charge in [-0.15, -0.1) is 0 Å². The summed E-state index contributed by atoms with van der Waals surface area (Å²) in [6.45, 7) is 0.705. The van der Waals surface area contributed by atoms with Crippen molar-refractivity contribution < 1.29 is 24.5 Å². The molecule has 0 atom stereocenters. The summed E-state index contributed by atoms with van der Waals surface area (Å²) < 4.78 is 5.34. The van der Waals surface area contributed by atoms with Crippen LogP contribution in [0.3, 0.4) is 0 Å². The average Bonchev–Trinajstić information content (AvgIpc) is 2.55. The minimum absolute atomic E-state index is 0.319. The molecule has 5 heteroatoms. The largest absolute Gasteiger partial charge is 0.489 e. The summed E-state index contributed by atoms with van der Waals surface area (Å²) in [5.74, 6) is -1.23. The van der Waals surface area contributed by atoms with Gasteiger partial charge in [0.05, 0.1) is 11.8 Å². The van der Waals surface area contributed by atoms with Gasteiger partial charge in [-0.05, 0) is 37.8 Å². The molecule has 0 spiro atoms. The number of benzene rings is 1. The molecule has 1 fully saturated rings. The minimum atomic E-state index is -0.793. The molecule has 0 saturated heterocycles. The Bertz CT molecular complexity index is 534. The maximum atomic E-state index is 10.5. The first kappa shape index (κ1) is 16.1. The molecular weight excluding hydrogens is 284 g/mol. The van der Waals surface area contributed by atoms with Crippen LogP contribution in [0.4, 0.5) is 0 Å². The van der Waals surface area contributed by atoms with Crippen LogP contribution in [-0.2, 0) is 9.59 Å².